The summed E-state index contributed by atoms with van der Waals surface area (Å²) in [5.41, 5.74) is 7.79. The van der Waals surface area contributed by atoms with Gasteiger partial charge in [-0.3, -0.25) is 10.6 Å². The lowest BCUT2D eigenvalue weighted by atomic mass is 10.1. The molecule has 14 nitrogen and oxygen atoms in total. The Kier molecular flexibility index (Phi) is 18.9. The first-order valence-electron chi connectivity index (χ1n) is 24.8. The third kappa shape index (κ3) is 13.0. The zero-order valence-electron chi connectivity index (χ0n) is 41.1. The van der Waals surface area contributed by atoms with Gasteiger partial charge in [-0.15, -0.1) is 0 Å². The van der Waals surface area contributed by atoms with Crippen LogP contribution >= 0.6 is 11.8 Å². The molecule has 2 N–H and O–H groups in total. The van der Waals surface area contributed by atoms with Crippen molar-refractivity contribution in [2.24, 2.45) is 0 Å². The largest absolute Gasteiger partial charge is 0.493 e. The number of ether oxygens (including phenoxy) is 4. The van der Waals surface area contributed by atoms with E-state index in [4.69, 9.17) is 18.9 Å². The summed E-state index contributed by atoms with van der Waals surface area (Å²) in [5.74, 6) is 4.07. The van der Waals surface area contributed by atoms with Crippen LogP contribution in [0.25, 0.3) is 44.3 Å². The van der Waals surface area contributed by atoms with Crippen molar-refractivity contribution in [2.75, 3.05) is 87.8 Å². The summed E-state index contributed by atoms with van der Waals surface area (Å²) < 4.78 is 26.4. The normalized spacial score (nSPS) is 14.0. The topological polar surface area (TPSA) is 159 Å². The van der Waals surface area contributed by atoms with Crippen molar-refractivity contribution in [2.45, 2.75) is 72.9 Å². The summed E-state index contributed by atoms with van der Waals surface area (Å²) in [6, 6.07) is 31.7. The van der Waals surface area contributed by atoms with Gasteiger partial charge in [-0.05, 0) is 115 Å². The van der Waals surface area contributed by atoms with Crippen LogP contribution in [-0.2, 0) is 22.6 Å². The first-order valence-corrected chi connectivity index (χ1v) is 25.9. The highest BCUT2D eigenvalue weighted by molar-refractivity contribution is 7.99. The molecule has 4 heterocycles. The predicted octanol–water partition coefficient (Wildman–Crippen LogP) is 11.6. The number of piperidine rings is 1. The second kappa shape index (κ2) is 25.8. The lowest BCUT2D eigenvalue weighted by Gasteiger charge is -2.26. The minimum Gasteiger partial charge on any atom is -0.493 e. The Bertz CT molecular complexity index is 2610. The quantitative estimate of drug-likeness (QED) is 0.0790. The van der Waals surface area contributed by atoms with Gasteiger partial charge in [0.25, 0.3) is 0 Å². The number of carbonyl (C=O) groups excluding carboxylic acids is 2. The summed E-state index contributed by atoms with van der Waals surface area (Å²) in [6.07, 6.45) is 4.95. The molecule has 0 saturated carbocycles. The van der Waals surface area contributed by atoms with Gasteiger partial charge in [0.2, 0.25) is 0 Å². The number of fused-ring (bicyclic) bond motifs is 2. The van der Waals surface area contributed by atoms with Crippen molar-refractivity contribution in [3.63, 3.8) is 0 Å². The molecule has 0 aliphatic carbocycles. The van der Waals surface area contributed by atoms with E-state index in [1.807, 2.05) is 84.6 Å². The second-order valence-corrected chi connectivity index (χ2v) is 18.4. The molecule has 8 rings (SSSR count). The van der Waals surface area contributed by atoms with E-state index >= 15 is 0 Å². The molecule has 4 aromatic carbocycles. The van der Waals surface area contributed by atoms with Crippen LogP contribution in [0.15, 0.2) is 84.9 Å². The average molecular weight is 967 g/mol. The third-order valence-corrected chi connectivity index (χ3v) is 13.5. The number of nitrogens with zero attached hydrogens (tertiary/aromatic N) is 6. The third-order valence-electron chi connectivity index (χ3n) is 12.6. The van der Waals surface area contributed by atoms with Crippen LogP contribution in [0.4, 0.5) is 21.0 Å². The number of nitrogens with one attached hydrogen (secondary N) is 2. The number of benzene rings is 4. The lowest BCUT2D eigenvalue weighted by Crippen LogP contribution is -2.33. The van der Waals surface area contributed by atoms with Crippen LogP contribution < -0.4 is 20.1 Å². The van der Waals surface area contributed by atoms with Crippen LogP contribution in [0.1, 0.15) is 70.9 Å². The van der Waals surface area contributed by atoms with E-state index in [9.17, 15) is 20.1 Å². The molecular weight excluding hydrogens is 901 g/mol. The Morgan fingerprint density at radius 2 is 1.06 bits per heavy atom. The number of hydrogen-bond acceptors (Lipinski definition) is 11. The van der Waals surface area contributed by atoms with E-state index in [2.05, 4.69) is 55.6 Å². The molecular formula is C55H66N8O6S. The van der Waals surface area contributed by atoms with Gasteiger partial charge in [-0.2, -0.15) is 22.3 Å². The van der Waals surface area contributed by atoms with E-state index < -0.39 is 12.2 Å². The van der Waals surface area contributed by atoms with Crippen LogP contribution in [-0.4, -0.2) is 108 Å². The summed E-state index contributed by atoms with van der Waals surface area (Å²) in [5, 5.41) is 27.4. The Labute approximate surface area is 416 Å². The van der Waals surface area contributed by atoms with Gasteiger partial charge in [-0.1, -0.05) is 30.7 Å². The summed E-state index contributed by atoms with van der Waals surface area (Å²) in [6.45, 7) is 17.9. The molecule has 2 aliphatic rings. The maximum Gasteiger partial charge on any atom is 0.411 e. The minimum absolute atomic E-state index is 0.302. The Morgan fingerprint density at radius 3 is 1.49 bits per heavy atom. The number of rotatable bonds is 18. The number of thioether (sulfide) groups is 1. The Morgan fingerprint density at radius 1 is 0.600 bits per heavy atom. The summed E-state index contributed by atoms with van der Waals surface area (Å²) >= 11 is 2.03. The number of aromatic nitrogens is 2. The SMILES string of the molecule is CCOC(=O)Nc1cccc(-c2c(C#N)c3ccc(OCCCN4CCCCC4)cc3n2CC)c1.CCOC(=O)Nc1cccc(-c2c(C#N)c3ccc(OCCCN4CCSCC4)cc3n2CC)c1. The number of nitriles is 2. The van der Waals surface area contributed by atoms with Crippen LogP contribution in [0, 0.1) is 22.7 Å². The molecule has 15 heteroatoms. The molecule has 6 aromatic rings. The van der Waals surface area contributed by atoms with Gasteiger partial charge in [0.05, 0.1) is 60.0 Å². The maximum atomic E-state index is 11.9. The molecule has 2 saturated heterocycles. The number of aryl methyl sites for hydroxylation is 2. The van der Waals surface area contributed by atoms with Crippen molar-refractivity contribution < 1.29 is 28.5 Å². The number of amides is 2. The highest BCUT2D eigenvalue weighted by atomic mass is 32.2. The Balaban J connectivity index is 0.000000206. The highest BCUT2D eigenvalue weighted by Gasteiger charge is 2.21. The van der Waals surface area contributed by atoms with Gasteiger partial charge >= 0.3 is 12.2 Å². The zero-order chi connectivity index (χ0) is 49.2. The van der Waals surface area contributed by atoms with Crippen molar-refractivity contribution >= 4 is 57.1 Å². The van der Waals surface area contributed by atoms with Crippen molar-refractivity contribution in [1.82, 2.24) is 18.9 Å². The smallest absolute Gasteiger partial charge is 0.411 e. The minimum atomic E-state index is -0.498. The van der Waals surface area contributed by atoms with E-state index in [-0.39, 0.29) is 0 Å². The van der Waals surface area contributed by atoms with Crippen LogP contribution in [0.5, 0.6) is 11.5 Å². The van der Waals surface area contributed by atoms with E-state index in [1.54, 1.807) is 26.0 Å². The second-order valence-electron chi connectivity index (χ2n) is 17.1. The molecule has 2 aromatic heterocycles. The number of anilines is 2. The predicted molar refractivity (Wildman–Crippen MR) is 281 cm³/mol. The first kappa shape index (κ1) is 51.2. The highest BCUT2D eigenvalue weighted by Crippen LogP contribution is 2.38. The van der Waals surface area contributed by atoms with Crippen LogP contribution in [0.2, 0.25) is 0 Å². The summed E-state index contributed by atoms with van der Waals surface area (Å²) in [7, 11) is 0. The van der Waals surface area contributed by atoms with Crippen LogP contribution in [0.3, 0.4) is 0 Å². The van der Waals surface area contributed by atoms with E-state index in [0.717, 1.165) is 94.8 Å². The molecule has 0 spiro atoms. The van der Waals surface area contributed by atoms with Crippen molar-refractivity contribution in [3.8, 4) is 46.2 Å². The summed E-state index contributed by atoms with van der Waals surface area (Å²) in [4.78, 5) is 28.8. The molecule has 0 bridgehead atoms. The molecule has 2 aliphatic heterocycles. The van der Waals surface area contributed by atoms with E-state index in [0.29, 0.717) is 62.0 Å². The lowest BCUT2D eigenvalue weighted by molar-refractivity contribution is 0.167. The number of carbonyl (C=O) groups is 2. The zero-order valence-corrected chi connectivity index (χ0v) is 41.9. The maximum absolute atomic E-state index is 11.9. The molecule has 2 fully saturated rings. The van der Waals surface area contributed by atoms with Gasteiger partial charge < -0.3 is 37.9 Å². The molecule has 368 valence electrons. The van der Waals surface area contributed by atoms with E-state index in [1.165, 1.54) is 43.9 Å². The molecule has 0 atom stereocenters. The van der Waals surface area contributed by atoms with Gasteiger partial charge in [0.1, 0.15) is 23.6 Å². The van der Waals surface area contributed by atoms with Crippen molar-refractivity contribution in [3.05, 3.63) is 96.1 Å². The fraction of sp³-hybridized carbons (Fsp3) is 0.418. The standard InChI is InChI=1S/C28H34N4O3.C27H32N4O3S/c1-3-32-26-19-23(35-17-9-16-31-14-6-5-7-15-31)12-13-24(26)25(20-29)27(32)21-10-8-11-22(18-21)30-28(33)34-4-2;1-3-31-25-18-22(34-14-6-11-30-12-15-35-16-13-30)9-10-23(25)24(19-28)26(31)20-7-5-8-21(17-20)29-27(32)33-4-2/h8,10-13,18-19H,3-7,9,14-17H2,1-2H3,(H,30,33);5,7-10,17-18H,3-4,6,11-16H2,1-2H3,(H,29,32). The monoisotopic (exact) mass is 966 g/mol. The van der Waals surface area contributed by atoms with Gasteiger partial charge in [-0.25, -0.2) is 9.59 Å². The molecule has 70 heavy (non-hydrogen) atoms. The number of hydrogen-bond donors (Lipinski definition) is 2. The van der Waals surface area contributed by atoms with Gasteiger partial charge in [0, 0.05) is 96.2 Å². The number of likely N-dealkylation sites (tertiary alicyclic amines) is 1. The Hall–Kier alpha value is -6.65. The molecule has 0 unspecified atom stereocenters. The van der Waals surface area contributed by atoms with Crippen molar-refractivity contribution in [1.29, 1.82) is 10.5 Å². The van der Waals surface area contributed by atoms with Gasteiger partial charge in [0.15, 0.2) is 0 Å². The molecule has 0 radical (unpaired) electrons. The average Bonchev–Trinajstić information content (AvgIpc) is 3.88. The molecule has 2 amide bonds. The first-order chi connectivity index (χ1) is 34.3. The fourth-order valence-electron chi connectivity index (χ4n) is 9.34. The fourth-order valence-corrected chi connectivity index (χ4v) is 10.3.